The molecule has 7 nitrogen and oxygen atoms in total. The predicted octanol–water partition coefficient (Wildman–Crippen LogP) is 1.82. The Kier molecular flexibility index (Phi) is 5.12. The van der Waals surface area contributed by atoms with Crippen molar-refractivity contribution >= 4 is 27.5 Å². The lowest BCUT2D eigenvalue weighted by Gasteiger charge is -2.15. The van der Waals surface area contributed by atoms with E-state index in [1.807, 2.05) is 20.8 Å². The van der Waals surface area contributed by atoms with Crippen molar-refractivity contribution in [3.8, 4) is 0 Å². The first-order valence-corrected chi connectivity index (χ1v) is 9.02. The number of hydrogen-bond acceptors (Lipinski definition) is 4. The maximum absolute atomic E-state index is 11.4. The van der Waals surface area contributed by atoms with Gasteiger partial charge in [-0.3, -0.25) is 4.55 Å². The molecule has 132 valence electrons. The van der Waals surface area contributed by atoms with Crippen LogP contribution in [0.2, 0.25) is 0 Å². The molecule has 0 radical (unpaired) electrons. The highest BCUT2D eigenvalue weighted by atomic mass is 32.2. The van der Waals surface area contributed by atoms with Crippen LogP contribution in [0.1, 0.15) is 32.8 Å². The quantitative estimate of drug-likeness (QED) is 0.439. The summed E-state index contributed by atoms with van der Waals surface area (Å²) in [4.78, 5) is 10.3. The Morgan fingerprint density at radius 1 is 1.33 bits per heavy atom. The normalized spacial score (nSPS) is 16.3. The zero-order chi connectivity index (χ0) is 18.1. The van der Waals surface area contributed by atoms with Crippen LogP contribution in [0, 0.1) is 0 Å². The molecule has 0 atom stereocenters. The number of hydrogen-bond donors (Lipinski definition) is 2. The summed E-state index contributed by atoms with van der Waals surface area (Å²) in [7, 11) is -4.25. The molecule has 0 aliphatic carbocycles. The first kappa shape index (κ1) is 18.6. The predicted molar refractivity (Wildman–Crippen MR) is 87.8 cm³/mol. The van der Waals surface area contributed by atoms with Crippen LogP contribution in [0.25, 0.3) is 0 Å². The van der Waals surface area contributed by atoms with Gasteiger partial charge in [-0.15, -0.1) is 0 Å². The van der Waals surface area contributed by atoms with Gasteiger partial charge in [0.05, 0.1) is 16.9 Å². The topological polar surface area (TPSA) is 104 Å². The van der Waals surface area contributed by atoms with Crippen molar-refractivity contribution in [3.63, 3.8) is 0 Å². The van der Waals surface area contributed by atoms with E-state index in [0.717, 1.165) is 17.0 Å². The van der Waals surface area contributed by atoms with E-state index < -0.39 is 16.1 Å². The summed E-state index contributed by atoms with van der Waals surface area (Å²) in [5.41, 5.74) is 2.42. The second kappa shape index (κ2) is 6.62. The van der Waals surface area contributed by atoms with E-state index >= 15 is 0 Å². The first-order valence-electron chi connectivity index (χ1n) is 7.58. The van der Waals surface area contributed by atoms with E-state index in [1.54, 1.807) is 6.07 Å². The summed E-state index contributed by atoms with van der Waals surface area (Å²) in [6, 6.07) is 4.58. The van der Waals surface area contributed by atoms with Crippen LogP contribution in [-0.4, -0.2) is 54.1 Å². The minimum atomic E-state index is -4.25. The van der Waals surface area contributed by atoms with Gasteiger partial charge >= 0.3 is 5.97 Å². The van der Waals surface area contributed by atoms with Crippen LogP contribution in [0.4, 0.5) is 5.69 Å². The van der Waals surface area contributed by atoms with Crippen molar-refractivity contribution in [2.75, 3.05) is 19.8 Å². The van der Waals surface area contributed by atoms with Gasteiger partial charge in [-0.05, 0) is 26.0 Å². The number of rotatable bonds is 7. The molecule has 0 spiro atoms. The fraction of sp³-hybridized carbons (Fsp3) is 0.500. The van der Waals surface area contributed by atoms with Crippen LogP contribution in [0.15, 0.2) is 23.1 Å². The summed E-state index contributed by atoms with van der Waals surface area (Å²) < 4.78 is 39.1. The lowest BCUT2D eigenvalue weighted by atomic mass is 9.82. The van der Waals surface area contributed by atoms with Gasteiger partial charge in [-0.25, -0.2) is 4.79 Å². The van der Waals surface area contributed by atoms with E-state index in [-0.39, 0.29) is 16.9 Å². The van der Waals surface area contributed by atoms with E-state index in [2.05, 4.69) is 4.58 Å². The molecule has 0 unspecified atom stereocenters. The van der Waals surface area contributed by atoms with E-state index in [9.17, 15) is 17.8 Å². The molecular formula is C16H22NO6S+. The van der Waals surface area contributed by atoms with Gasteiger partial charge < -0.3 is 9.84 Å². The highest BCUT2D eigenvalue weighted by Gasteiger charge is 2.43. The van der Waals surface area contributed by atoms with Crippen molar-refractivity contribution in [2.24, 2.45) is 0 Å². The molecule has 1 aromatic carbocycles. The largest absolute Gasteiger partial charge is 0.480 e. The van der Waals surface area contributed by atoms with Gasteiger partial charge in [0, 0.05) is 25.0 Å². The Morgan fingerprint density at radius 3 is 2.58 bits per heavy atom. The lowest BCUT2D eigenvalue weighted by Crippen LogP contribution is -2.27. The van der Waals surface area contributed by atoms with Crippen LogP contribution in [-0.2, 0) is 25.1 Å². The number of benzene rings is 1. The SMILES string of the molecule is CC1=[N+](CCCOCC(=O)O)c2ccc(S(=O)(=O)O)cc2C1(C)C. The molecule has 2 rings (SSSR count). The molecule has 0 fully saturated rings. The first-order chi connectivity index (χ1) is 11.0. The number of ether oxygens (including phenoxy) is 1. The highest BCUT2D eigenvalue weighted by Crippen LogP contribution is 2.40. The minimum absolute atomic E-state index is 0.117. The van der Waals surface area contributed by atoms with E-state index in [0.29, 0.717) is 19.6 Å². The van der Waals surface area contributed by atoms with Gasteiger partial charge in [-0.1, -0.05) is 0 Å². The number of carbonyl (C=O) groups is 1. The Morgan fingerprint density at radius 2 is 2.00 bits per heavy atom. The zero-order valence-electron chi connectivity index (χ0n) is 13.9. The van der Waals surface area contributed by atoms with E-state index in [4.69, 9.17) is 9.84 Å². The van der Waals surface area contributed by atoms with E-state index in [1.165, 1.54) is 12.1 Å². The van der Waals surface area contributed by atoms with Crippen molar-refractivity contribution < 1.29 is 32.2 Å². The Bertz CT molecular complexity index is 795. The van der Waals surface area contributed by atoms with Gasteiger partial charge in [0.1, 0.15) is 6.61 Å². The van der Waals surface area contributed by atoms with Gasteiger partial charge in [0.15, 0.2) is 12.3 Å². The fourth-order valence-corrected chi connectivity index (χ4v) is 3.40. The molecule has 2 N–H and O–H groups in total. The molecule has 0 amide bonds. The average molecular weight is 356 g/mol. The number of carboxylic acids is 1. The van der Waals surface area contributed by atoms with Gasteiger partial charge in [-0.2, -0.15) is 13.0 Å². The fourth-order valence-electron chi connectivity index (χ4n) is 2.90. The molecule has 0 saturated carbocycles. The Balaban J connectivity index is 2.22. The number of carboxylic acid groups (broad SMARTS) is 1. The van der Waals surface area contributed by atoms with Crippen LogP contribution in [0.5, 0.6) is 0 Å². The van der Waals surface area contributed by atoms with Crippen LogP contribution in [0.3, 0.4) is 0 Å². The maximum atomic E-state index is 11.4. The molecule has 0 bridgehead atoms. The second-order valence-corrected chi connectivity index (χ2v) is 7.74. The lowest BCUT2D eigenvalue weighted by molar-refractivity contribution is -0.440. The standard InChI is InChI=1S/C16H21NO6S/c1-11-16(2,3)13-9-12(24(20,21)22)5-6-14(13)17(11)7-4-8-23-10-15(18)19/h5-6,9H,4,7-8,10H2,1-3H3,(H-,18,19,20,21,22)/p+1. The van der Waals surface area contributed by atoms with Gasteiger partial charge in [0.25, 0.3) is 10.1 Å². The monoisotopic (exact) mass is 356 g/mol. The van der Waals surface area contributed by atoms with Crippen molar-refractivity contribution in [3.05, 3.63) is 23.8 Å². The summed E-state index contributed by atoms with van der Waals surface area (Å²) in [5, 5.41) is 8.55. The third-order valence-electron chi connectivity index (χ3n) is 4.44. The molecule has 1 heterocycles. The Labute approximate surface area is 141 Å². The maximum Gasteiger partial charge on any atom is 0.329 e. The molecule has 8 heteroatoms. The van der Waals surface area contributed by atoms with Crippen molar-refractivity contribution in [1.29, 1.82) is 0 Å². The van der Waals surface area contributed by atoms with Crippen LogP contribution >= 0.6 is 0 Å². The smallest absolute Gasteiger partial charge is 0.329 e. The average Bonchev–Trinajstić information content (AvgIpc) is 2.66. The number of nitrogens with zero attached hydrogens (tertiary/aromatic N) is 1. The van der Waals surface area contributed by atoms with Crippen molar-refractivity contribution in [1.82, 2.24) is 0 Å². The third kappa shape index (κ3) is 3.66. The summed E-state index contributed by atoms with van der Waals surface area (Å²) >= 11 is 0. The molecule has 24 heavy (non-hydrogen) atoms. The summed E-state index contributed by atoms with van der Waals surface area (Å²) in [6.45, 7) is 6.61. The summed E-state index contributed by atoms with van der Waals surface area (Å²) in [6.07, 6.45) is 0.639. The molecule has 1 aromatic rings. The number of fused-ring (bicyclic) bond motifs is 1. The zero-order valence-corrected chi connectivity index (χ0v) is 14.8. The molecule has 1 aliphatic rings. The molecular weight excluding hydrogens is 334 g/mol. The molecule has 1 aliphatic heterocycles. The minimum Gasteiger partial charge on any atom is -0.480 e. The van der Waals surface area contributed by atoms with Crippen LogP contribution < -0.4 is 0 Å². The molecule has 0 aromatic heterocycles. The molecule has 0 saturated heterocycles. The second-order valence-electron chi connectivity index (χ2n) is 6.32. The van der Waals surface area contributed by atoms with Gasteiger partial charge in [0.2, 0.25) is 5.69 Å². The highest BCUT2D eigenvalue weighted by molar-refractivity contribution is 7.85. The van der Waals surface area contributed by atoms with Crippen molar-refractivity contribution in [2.45, 2.75) is 37.5 Å². The Hall–Kier alpha value is -1.77. The third-order valence-corrected chi connectivity index (χ3v) is 5.28. The summed E-state index contributed by atoms with van der Waals surface area (Å²) in [5.74, 6) is -0.997. The number of aliphatic carboxylic acids is 1.